The second kappa shape index (κ2) is 7.53. The maximum atomic E-state index is 13.1. The summed E-state index contributed by atoms with van der Waals surface area (Å²) in [5, 5.41) is 9.69. The molecule has 1 amide bonds. The quantitative estimate of drug-likeness (QED) is 0.793. The molecule has 0 spiro atoms. The molecule has 0 aromatic carbocycles. The zero-order valence-electron chi connectivity index (χ0n) is 17.8. The number of carbonyl (C=O) groups excluding carboxylic acids is 1. The molecule has 0 aliphatic heterocycles. The molecular weight excluding hydrogens is 360 g/mol. The Bertz CT molecular complexity index is 782. The molecule has 1 aromatic heterocycles. The molecule has 1 aromatic rings. The fourth-order valence-electron chi connectivity index (χ4n) is 3.83. The Kier molecular flexibility index (Phi) is 6.10. The monoisotopic (exact) mass is 394 g/mol. The second-order valence-electron chi connectivity index (χ2n) is 9.55. The van der Waals surface area contributed by atoms with Crippen LogP contribution in [0, 0.1) is 16.7 Å². The minimum absolute atomic E-state index is 0.0586. The van der Waals surface area contributed by atoms with E-state index in [0.29, 0.717) is 12.8 Å². The third-order valence-electron chi connectivity index (χ3n) is 6.40. The number of hydrogen-bond donors (Lipinski definition) is 1. The van der Waals surface area contributed by atoms with Gasteiger partial charge in [-0.1, -0.05) is 27.2 Å². The molecule has 152 valence electrons. The average Bonchev–Trinajstić information content (AvgIpc) is 3.05. The van der Waals surface area contributed by atoms with Crippen LogP contribution >= 0.6 is 11.5 Å². The molecule has 6 heteroatoms. The molecule has 1 heterocycles. The Morgan fingerprint density at radius 3 is 2.44 bits per heavy atom. The zero-order valence-corrected chi connectivity index (χ0v) is 18.6. The number of unbranched alkanes of at least 4 members (excludes halogenated alkanes) is 1. The molecule has 0 radical (unpaired) electrons. The standard InChI is InChI=1S/C21H34N2O3S/c1-8-9-10-14-13-23(19(2,3)4)27-17(14)22-16(24)15-11-12-21(7,18(25)26)20(15,5)6/h13,15H,8-12H2,1-7H3,(H,25,26)/b22-17-/t15-,21+/m0/s1. The van der Waals surface area contributed by atoms with E-state index in [2.05, 4.69) is 42.8 Å². The van der Waals surface area contributed by atoms with E-state index < -0.39 is 16.8 Å². The van der Waals surface area contributed by atoms with Crippen molar-refractivity contribution < 1.29 is 14.7 Å². The predicted octanol–water partition coefficient (Wildman–Crippen LogP) is 4.60. The minimum Gasteiger partial charge on any atom is -0.481 e. The van der Waals surface area contributed by atoms with Gasteiger partial charge in [-0.2, -0.15) is 0 Å². The largest absolute Gasteiger partial charge is 0.481 e. The number of hydrogen-bond acceptors (Lipinski definition) is 3. The van der Waals surface area contributed by atoms with Crippen molar-refractivity contribution in [3.63, 3.8) is 0 Å². The fraction of sp³-hybridized carbons (Fsp3) is 0.762. The third-order valence-corrected chi connectivity index (χ3v) is 7.78. The van der Waals surface area contributed by atoms with Crippen LogP contribution in [0.25, 0.3) is 0 Å². The molecule has 1 aliphatic rings. The topological polar surface area (TPSA) is 71.7 Å². The summed E-state index contributed by atoms with van der Waals surface area (Å²) in [4.78, 5) is 29.4. The van der Waals surface area contributed by atoms with Crippen molar-refractivity contribution in [3.05, 3.63) is 16.4 Å². The number of carboxylic acids is 1. The van der Waals surface area contributed by atoms with Crippen molar-refractivity contribution in [2.24, 2.45) is 21.7 Å². The van der Waals surface area contributed by atoms with Crippen LogP contribution in [-0.4, -0.2) is 20.9 Å². The van der Waals surface area contributed by atoms with Crippen molar-refractivity contribution in [3.8, 4) is 0 Å². The van der Waals surface area contributed by atoms with E-state index in [1.807, 2.05) is 13.8 Å². The highest BCUT2D eigenvalue weighted by molar-refractivity contribution is 7.04. The first-order valence-corrected chi connectivity index (χ1v) is 10.7. The Balaban J connectivity index is 2.42. The fourth-order valence-corrected chi connectivity index (χ4v) is 4.87. The number of aromatic nitrogens is 1. The van der Waals surface area contributed by atoms with E-state index in [4.69, 9.17) is 0 Å². The number of rotatable bonds is 5. The van der Waals surface area contributed by atoms with Crippen LogP contribution in [0.5, 0.6) is 0 Å². The van der Waals surface area contributed by atoms with E-state index in [-0.39, 0.29) is 17.4 Å². The molecule has 1 N–H and O–H groups in total. The number of carbonyl (C=O) groups is 2. The van der Waals surface area contributed by atoms with Crippen LogP contribution in [0.4, 0.5) is 0 Å². The molecule has 1 fully saturated rings. The number of amides is 1. The zero-order chi connectivity index (χ0) is 20.6. The number of aliphatic carboxylic acids is 1. The minimum atomic E-state index is -0.894. The first-order valence-electron chi connectivity index (χ1n) is 9.89. The molecule has 1 aliphatic carbocycles. The lowest BCUT2D eigenvalue weighted by Gasteiger charge is -2.37. The van der Waals surface area contributed by atoms with Crippen molar-refractivity contribution in [2.45, 2.75) is 86.1 Å². The van der Waals surface area contributed by atoms with Gasteiger partial charge in [0.05, 0.1) is 5.41 Å². The van der Waals surface area contributed by atoms with Crippen molar-refractivity contribution in [2.75, 3.05) is 0 Å². The van der Waals surface area contributed by atoms with E-state index in [0.717, 1.165) is 29.5 Å². The lowest BCUT2D eigenvalue weighted by Crippen LogP contribution is -2.42. The van der Waals surface area contributed by atoms with Gasteiger partial charge in [-0.15, -0.1) is 0 Å². The summed E-state index contributed by atoms with van der Waals surface area (Å²) in [7, 11) is 0. The molecule has 27 heavy (non-hydrogen) atoms. The Morgan fingerprint density at radius 2 is 1.96 bits per heavy atom. The van der Waals surface area contributed by atoms with Crippen LogP contribution in [0.15, 0.2) is 11.2 Å². The van der Waals surface area contributed by atoms with Gasteiger partial charge in [0.25, 0.3) is 5.91 Å². The van der Waals surface area contributed by atoms with Gasteiger partial charge in [0.2, 0.25) is 0 Å². The Labute approximate surface area is 166 Å². The Morgan fingerprint density at radius 1 is 1.33 bits per heavy atom. The summed E-state index contributed by atoms with van der Waals surface area (Å²) in [6.45, 7) is 14.1. The van der Waals surface area contributed by atoms with Crippen molar-refractivity contribution in [1.29, 1.82) is 0 Å². The van der Waals surface area contributed by atoms with Gasteiger partial charge in [-0.05, 0) is 70.3 Å². The van der Waals surface area contributed by atoms with Gasteiger partial charge in [-0.25, -0.2) is 4.99 Å². The lowest BCUT2D eigenvalue weighted by atomic mass is 9.65. The average molecular weight is 395 g/mol. The molecule has 1 saturated carbocycles. The van der Waals surface area contributed by atoms with Crippen molar-refractivity contribution in [1.82, 2.24) is 3.96 Å². The van der Waals surface area contributed by atoms with Gasteiger partial charge in [0, 0.05) is 23.2 Å². The lowest BCUT2D eigenvalue weighted by molar-refractivity contribution is -0.155. The number of carboxylic acid groups (broad SMARTS) is 1. The van der Waals surface area contributed by atoms with Gasteiger partial charge in [0.15, 0.2) is 0 Å². The number of nitrogens with zero attached hydrogens (tertiary/aromatic N) is 2. The van der Waals surface area contributed by atoms with Gasteiger partial charge >= 0.3 is 5.97 Å². The molecular formula is C21H34N2O3S. The third kappa shape index (κ3) is 4.05. The van der Waals surface area contributed by atoms with Gasteiger partial charge in [-0.3, -0.25) is 13.5 Å². The van der Waals surface area contributed by atoms with E-state index in [1.54, 1.807) is 6.92 Å². The maximum absolute atomic E-state index is 13.1. The van der Waals surface area contributed by atoms with Crippen LogP contribution in [-0.2, 0) is 21.5 Å². The van der Waals surface area contributed by atoms with Gasteiger partial charge < -0.3 is 5.11 Å². The van der Waals surface area contributed by atoms with Crippen LogP contribution in [0.3, 0.4) is 0 Å². The second-order valence-corrected chi connectivity index (χ2v) is 10.5. The summed E-state index contributed by atoms with van der Waals surface area (Å²) < 4.78 is 2.94. The van der Waals surface area contributed by atoms with Crippen molar-refractivity contribution >= 4 is 23.4 Å². The predicted molar refractivity (Wildman–Crippen MR) is 109 cm³/mol. The molecule has 0 saturated heterocycles. The molecule has 2 atom stereocenters. The highest BCUT2D eigenvalue weighted by Gasteiger charge is 2.58. The highest BCUT2D eigenvalue weighted by atomic mass is 32.1. The van der Waals surface area contributed by atoms with Crippen LogP contribution in [0.2, 0.25) is 0 Å². The van der Waals surface area contributed by atoms with E-state index >= 15 is 0 Å². The molecule has 0 bridgehead atoms. The van der Waals surface area contributed by atoms with Gasteiger partial charge in [0.1, 0.15) is 4.67 Å². The first kappa shape index (κ1) is 21.9. The summed E-state index contributed by atoms with van der Waals surface area (Å²) >= 11 is 1.52. The SMILES string of the molecule is CCCCc1cn(C(C)(C)C)s/c1=N\C(=O)[C@@H]1CC[C@](C)(C(=O)O)C1(C)C. The molecule has 0 unspecified atom stereocenters. The van der Waals surface area contributed by atoms with Crippen LogP contribution < -0.4 is 4.67 Å². The number of aryl methyl sites for hydroxylation is 1. The summed E-state index contributed by atoms with van der Waals surface area (Å²) in [6.07, 6.45) is 6.26. The summed E-state index contributed by atoms with van der Waals surface area (Å²) in [6, 6.07) is 0. The van der Waals surface area contributed by atoms with E-state index in [1.165, 1.54) is 11.5 Å². The molecule has 5 nitrogen and oxygen atoms in total. The summed E-state index contributed by atoms with van der Waals surface area (Å²) in [5.41, 5.74) is -0.465. The highest BCUT2D eigenvalue weighted by Crippen LogP contribution is 2.56. The first-order chi connectivity index (χ1) is 12.3. The van der Waals surface area contributed by atoms with Crippen LogP contribution in [0.1, 0.15) is 79.7 Å². The molecule has 2 rings (SSSR count). The smallest absolute Gasteiger partial charge is 0.309 e. The Hall–Kier alpha value is -1.43. The van der Waals surface area contributed by atoms with E-state index in [9.17, 15) is 14.7 Å². The summed E-state index contributed by atoms with van der Waals surface area (Å²) in [5.74, 6) is -1.36. The maximum Gasteiger partial charge on any atom is 0.309 e. The normalized spacial score (nSPS) is 25.7.